The number of methoxy groups -OCH3 is 1. The normalized spacial score (nSPS) is 28.8. The summed E-state index contributed by atoms with van der Waals surface area (Å²) in [6.07, 6.45) is 1.30. The summed E-state index contributed by atoms with van der Waals surface area (Å²) in [5.41, 5.74) is -0.339. The van der Waals surface area contributed by atoms with Gasteiger partial charge in [-0.3, -0.25) is 4.79 Å². The number of furan rings is 1. The van der Waals surface area contributed by atoms with Crippen molar-refractivity contribution in [3.63, 3.8) is 0 Å². The van der Waals surface area contributed by atoms with Crippen molar-refractivity contribution in [3.05, 3.63) is 23.7 Å². The van der Waals surface area contributed by atoms with Crippen molar-refractivity contribution < 1.29 is 24.2 Å². The van der Waals surface area contributed by atoms with Crippen molar-refractivity contribution in [2.45, 2.75) is 31.0 Å². The molecule has 1 aromatic heterocycles. The van der Waals surface area contributed by atoms with Gasteiger partial charge < -0.3 is 19.4 Å². The summed E-state index contributed by atoms with van der Waals surface area (Å²) in [6.45, 7) is 0.316. The third-order valence-corrected chi connectivity index (χ3v) is 3.06. The molecule has 0 atom stereocenters. The molecule has 0 radical (unpaired) electrons. The Kier molecular flexibility index (Phi) is 2.73. The van der Waals surface area contributed by atoms with Crippen molar-refractivity contribution in [1.82, 2.24) is 0 Å². The van der Waals surface area contributed by atoms with E-state index in [1.54, 1.807) is 13.2 Å². The first kappa shape index (κ1) is 11.2. The van der Waals surface area contributed by atoms with Gasteiger partial charge >= 0.3 is 5.97 Å². The maximum absolute atomic E-state index is 11.3. The first-order valence-electron chi connectivity index (χ1n) is 5.07. The molecule has 0 unspecified atom stereocenters. The van der Waals surface area contributed by atoms with E-state index in [-0.39, 0.29) is 12.8 Å². The fraction of sp³-hybridized carbons (Fsp3) is 0.545. The maximum atomic E-state index is 11.3. The molecule has 1 saturated carbocycles. The molecule has 0 spiro atoms. The van der Waals surface area contributed by atoms with Crippen LogP contribution in [0.25, 0.3) is 0 Å². The van der Waals surface area contributed by atoms with Crippen molar-refractivity contribution in [2.24, 2.45) is 0 Å². The van der Waals surface area contributed by atoms with Crippen LogP contribution in [-0.4, -0.2) is 29.4 Å². The number of hydrogen-bond donors (Lipinski definition) is 2. The zero-order valence-corrected chi connectivity index (χ0v) is 8.97. The Balaban J connectivity index is 2.33. The molecular formula is C11H14O5. The smallest absolute Gasteiger partial charge is 0.317 e. The Morgan fingerprint density at radius 3 is 2.88 bits per heavy atom. The Morgan fingerprint density at radius 2 is 2.38 bits per heavy atom. The molecule has 1 aliphatic carbocycles. The van der Waals surface area contributed by atoms with E-state index >= 15 is 0 Å². The molecule has 5 heteroatoms. The SMILES string of the molecule is COCc1ccoc1C1(C(=O)O)CC(O)C1. The molecule has 1 aromatic rings. The van der Waals surface area contributed by atoms with Crippen LogP contribution < -0.4 is 0 Å². The predicted molar refractivity (Wildman–Crippen MR) is 54.0 cm³/mol. The van der Waals surface area contributed by atoms with Gasteiger partial charge in [0.2, 0.25) is 0 Å². The van der Waals surface area contributed by atoms with Gasteiger partial charge in [-0.1, -0.05) is 0 Å². The lowest BCUT2D eigenvalue weighted by atomic mass is 9.64. The highest BCUT2D eigenvalue weighted by Gasteiger charge is 2.54. The van der Waals surface area contributed by atoms with E-state index in [1.165, 1.54) is 6.26 Å². The average molecular weight is 226 g/mol. The van der Waals surface area contributed by atoms with Crippen LogP contribution in [0.3, 0.4) is 0 Å². The van der Waals surface area contributed by atoms with Gasteiger partial charge in [-0.25, -0.2) is 0 Å². The largest absolute Gasteiger partial charge is 0.480 e. The van der Waals surface area contributed by atoms with Crippen LogP contribution in [0.5, 0.6) is 0 Å². The predicted octanol–water partition coefficient (Wildman–Crippen LogP) is 0.903. The molecule has 1 fully saturated rings. The molecule has 2 N–H and O–H groups in total. The summed E-state index contributed by atoms with van der Waals surface area (Å²) >= 11 is 0. The highest BCUT2D eigenvalue weighted by molar-refractivity contribution is 5.82. The van der Waals surface area contributed by atoms with Gasteiger partial charge in [-0.2, -0.15) is 0 Å². The molecule has 2 rings (SSSR count). The van der Waals surface area contributed by atoms with E-state index in [1.807, 2.05) is 0 Å². The average Bonchev–Trinajstić information content (AvgIpc) is 2.61. The van der Waals surface area contributed by atoms with E-state index < -0.39 is 17.5 Å². The van der Waals surface area contributed by atoms with Crippen LogP contribution >= 0.6 is 0 Å². The molecule has 1 heterocycles. The molecule has 0 aromatic carbocycles. The molecule has 0 saturated heterocycles. The van der Waals surface area contributed by atoms with Crippen LogP contribution in [0.1, 0.15) is 24.2 Å². The minimum atomic E-state index is -1.07. The Bertz CT molecular complexity index is 389. The lowest BCUT2D eigenvalue weighted by Crippen LogP contribution is -2.50. The number of aliphatic carboxylic acids is 1. The monoisotopic (exact) mass is 226 g/mol. The summed E-state index contributed by atoms with van der Waals surface area (Å²) in [4.78, 5) is 11.3. The van der Waals surface area contributed by atoms with Crippen molar-refractivity contribution >= 4 is 5.97 Å². The maximum Gasteiger partial charge on any atom is 0.317 e. The molecule has 1 aliphatic rings. The number of hydrogen-bond acceptors (Lipinski definition) is 4. The number of ether oxygens (including phenoxy) is 1. The Hall–Kier alpha value is -1.33. The third-order valence-electron chi connectivity index (χ3n) is 3.06. The molecule has 88 valence electrons. The second-order valence-electron chi connectivity index (χ2n) is 4.16. The van der Waals surface area contributed by atoms with Crippen molar-refractivity contribution in [3.8, 4) is 0 Å². The van der Waals surface area contributed by atoms with Gasteiger partial charge in [-0.15, -0.1) is 0 Å². The van der Waals surface area contributed by atoms with Crippen LogP contribution in [0.2, 0.25) is 0 Å². The fourth-order valence-corrected chi connectivity index (χ4v) is 2.23. The third kappa shape index (κ3) is 1.52. The van der Waals surface area contributed by atoms with E-state index in [0.29, 0.717) is 12.4 Å². The van der Waals surface area contributed by atoms with Crippen LogP contribution in [0.15, 0.2) is 16.7 Å². The quantitative estimate of drug-likeness (QED) is 0.797. The molecule has 5 nitrogen and oxygen atoms in total. The first-order valence-corrected chi connectivity index (χ1v) is 5.07. The number of carboxylic acids is 1. The molecule has 16 heavy (non-hydrogen) atoms. The van der Waals surface area contributed by atoms with Crippen LogP contribution in [0.4, 0.5) is 0 Å². The lowest BCUT2D eigenvalue weighted by Gasteiger charge is -2.40. The Morgan fingerprint density at radius 1 is 1.69 bits per heavy atom. The lowest BCUT2D eigenvalue weighted by molar-refractivity contribution is -0.154. The van der Waals surface area contributed by atoms with Crippen molar-refractivity contribution in [1.29, 1.82) is 0 Å². The molecule has 0 amide bonds. The van der Waals surface area contributed by atoms with Gasteiger partial charge in [0, 0.05) is 12.7 Å². The molecule has 0 aliphatic heterocycles. The zero-order chi connectivity index (χ0) is 11.8. The first-order chi connectivity index (χ1) is 7.60. The minimum absolute atomic E-state index is 0.201. The number of aliphatic hydroxyl groups excluding tert-OH is 1. The summed E-state index contributed by atoms with van der Waals surface area (Å²) in [5.74, 6) is -0.544. The standard InChI is InChI=1S/C11H14O5/c1-15-6-7-2-3-16-9(7)11(10(13)14)4-8(12)5-11/h2-3,8,12H,4-6H2,1H3,(H,13,14). The summed E-state index contributed by atoms with van der Waals surface area (Å²) in [6, 6.07) is 1.70. The number of carboxylic acid groups (broad SMARTS) is 1. The van der Waals surface area contributed by atoms with E-state index in [0.717, 1.165) is 5.56 Å². The van der Waals surface area contributed by atoms with Crippen LogP contribution in [-0.2, 0) is 21.6 Å². The molecular weight excluding hydrogens is 212 g/mol. The van der Waals surface area contributed by atoms with Crippen molar-refractivity contribution in [2.75, 3.05) is 7.11 Å². The fourth-order valence-electron chi connectivity index (χ4n) is 2.23. The summed E-state index contributed by atoms with van der Waals surface area (Å²) in [5, 5.41) is 18.6. The van der Waals surface area contributed by atoms with Gasteiger partial charge in [0.05, 0.1) is 19.0 Å². The number of rotatable bonds is 4. The number of carbonyl (C=O) groups is 1. The van der Waals surface area contributed by atoms with Gasteiger partial charge in [0.25, 0.3) is 0 Å². The topological polar surface area (TPSA) is 79.9 Å². The van der Waals surface area contributed by atoms with Crippen LogP contribution in [0, 0.1) is 0 Å². The van der Waals surface area contributed by atoms with E-state index in [4.69, 9.17) is 9.15 Å². The summed E-state index contributed by atoms with van der Waals surface area (Å²) < 4.78 is 10.2. The van der Waals surface area contributed by atoms with Gasteiger partial charge in [-0.05, 0) is 18.9 Å². The molecule has 0 bridgehead atoms. The second-order valence-corrected chi connectivity index (χ2v) is 4.16. The van der Waals surface area contributed by atoms with E-state index in [2.05, 4.69) is 0 Å². The summed E-state index contributed by atoms with van der Waals surface area (Å²) in [7, 11) is 1.54. The number of aliphatic hydroxyl groups is 1. The van der Waals surface area contributed by atoms with Gasteiger partial charge in [0.15, 0.2) is 0 Å². The second kappa shape index (κ2) is 3.92. The highest BCUT2D eigenvalue weighted by atomic mass is 16.5. The Labute approximate surface area is 92.6 Å². The zero-order valence-electron chi connectivity index (χ0n) is 8.97. The highest BCUT2D eigenvalue weighted by Crippen LogP contribution is 2.45. The van der Waals surface area contributed by atoms with E-state index in [9.17, 15) is 15.0 Å². The van der Waals surface area contributed by atoms with Gasteiger partial charge in [0.1, 0.15) is 11.2 Å². The minimum Gasteiger partial charge on any atom is -0.480 e.